The van der Waals surface area contributed by atoms with Crippen LogP contribution in [0.3, 0.4) is 0 Å². The van der Waals surface area contributed by atoms with E-state index in [1.54, 1.807) is 12.1 Å². The van der Waals surface area contributed by atoms with Crippen LogP contribution in [0.25, 0.3) is 0 Å². The van der Waals surface area contributed by atoms with Gasteiger partial charge in [0.25, 0.3) is 5.91 Å². The standard InChI is InChI=1S/C20H29N3O2/c1-8-25-15-11-9-10-14(12-15)18(24)21-17-13-16(19(2,3)4)22-23(17)20(5,6)7/h9-13H,8H2,1-7H3,(H,21,24). The molecule has 5 heteroatoms. The number of aromatic nitrogens is 2. The molecule has 0 aliphatic rings. The van der Waals surface area contributed by atoms with E-state index in [1.165, 1.54) is 0 Å². The van der Waals surface area contributed by atoms with Crippen LogP contribution in [0, 0.1) is 0 Å². The van der Waals surface area contributed by atoms with Crippen LogP contribution < -0.4 is 10.1 Å². The number of carbonyl (C=O) groups is 1. The van der Waals surface area contributed by atoms with E-state index in [2.05, 4.69) is 46.9 Å². The lowest BCUT2D eigenvalue weighted by molar-refractivity contribution is 0.102. The van der Waals surface area contributed by atoms with Gasteiger partial charge in [0.15, 0.2) is 0 Å². The van der Waals surface area contributed by atoms with Crippen molar-refractivity contribution < 1.29 is 9.53 Å². The van der Waals surface area contributed by atoms with Gasteiger partial charge in [-0.05, 0) is 45.9 Å². The van der Waals surface area contributed by atoms with Crippen LogP contribution in [-0.4, -0.2) is 22.3 Å². The zero-order valence-corrected chi connectivity index (χ0v) is 16.3. The van der Waals surface area contributed by atoms with Gasteiger partial charge in [-0.25, -0.2) is 4.68 Å². The molecule has 0 aliphatic heterocycles. The second-order valence-corrected chi connectivity index (χ2v) is 8.16. The molecule has 0 bridgehead atoms. The maximum Gasteiger partial charge on any atom is 0.256 e. The van der Waals surface area contributed by atoms with Gasteiger partial charge in [-0.15, -0.1) is 0 Å². The van der Waals surface area contributed by atoms with Gasteiger partial charge >= 0.3 is 0 Å². The number of anilines is 1. The summed E-state index contributed by atoms with van der Waals surface area (Å²) in [5.41, 5.74) is 1.18. The quantitative estimate of drug-likeness (QED) is 0.883. The van der Waals surface area contributed by atoms with Crippen LogP contribution in [0.5, 0.6) is 5.75 Å². The van der Waals surface area contributed by atoms with E-state index >= 15 is 0 Å². The van der Waals surface area contributed by atoms with Gasteiger partial charge in [0, 0.05) is 17.0 Å². The lowest BCUT2D eigenvalue weighted by Crippen LogP contribution is -2.27. The number of carbonyl (C=O) groups excluding carboxylic acids is 1. The number of nitrogens with one attached hydrogen (secondary N) is 1. The first-order chi connectivity index (χ1) is 11.5. The van der Waals surface area contributed by atoms with Crippen LogP contribution in [0.15, 0.2) is 30.3 Å². The summed E-state index contributed by atoms with van der Waals surface area (Å²) in [4.78, 5) is 12.7. The number of nitrogens with zero attached hydrogens (tertiary/aromatic N) is 2. The Bertz CT molecular complexity index is 749. The second-order valence-electron chi connectivity index (χ2n) is 8.16. The molecule has 2 aromatic rings. The van der Waals surface area contributed by atoms with Crippen molar-refractivity contribution in [3.05, 3.63) is 41.6 Å². The van der Waals surface area contributed by atoms with E-state index in [0.29, 0.717) is 23.7 Å². The smallest absolute Gasteiger partial charge is 0.256 e. The highest BCUT2D eigenvalue weighted by atomic mass is 16.5. The molecule has 0 radical (unpaired) electrons. The minimum absolute atomic E-state index is 0.0924. The number of hydrogen-bond acceptors (Lipinski definition) is 3. The normalized spacial score (nSPS) is 12.1. The van der Waals surface area contributed by atoms with Crippen LogP contribution in [0.1, 0.15) is 64.5 Å². The molecule has 1 aromatic heterocycles. The van der Waals surface area contributed by atoms with E-state index < -0.39 is 0 Å². The predicted octanol–water partition coefficient (Wildman–Crippen LogP) is 4.59. The molecule has 136 valence electrons. The average Bonchev–Trinajstić information content (AvgIpc) is 2.92. The van der Waals surface area contributed by atoms with Gasteiger partial charge in [-0.3, -0.25) is 4.79 Å². The molecule has 1 amide bonds. The lowest BCUT2D eigenvalue weighted by atomic mass is 9.92. The Hall–Kier alpha value is -2.30. The first kappa shape index (κ1) is 19.0. The molecular formula is C20H29N3O2. The molecule has 0 aliphatic carbocycles. The molecule has 0 spiro atoms. The molecule has 1 N–H and O–H groups in total. The predicted molar refractivity (Wildman–Crippen MR) is 101 cm³/mol. The molecule has 0 saturated carbocycles. The highest BCUT2D eigenvalue weighted by molar-refractivity contribution is 6.04. The minimum atomic E-state index is -0.237. The zero-order valence-electron chi connectivity index (χ0n) is 16.3. The Morgan fingerprint density at radius 1 is 1.16 bits per heavy atom. The molecule has 0 unspecified atom stereocenters. The van der Waals surface area contributed by atoms with E-state index in [9.17, 15) is 4.79 Å². The van der Waals surface area contributed by atoms with Gasteiger partial charge < -0.3 is 10.1 Å². The summed E-state index contributed by atoms with van der Waals surface area (Å²) in [6.45, 7) is 15.0. The molecule has 5 nitrogen and oxygen atoms in total. The largest absolute Gasteiger partial charge is 0.494 e. The third-order valence-corrected chi connectivity index (χ3v) is 3.76. The maximum atomic E-state index is 12.7. The first-order valence-electron chi connectivity index (χ1n) is 8.67. The van der Waals surface area contributed by atoms with Crippen LogP contribution in [0.2, 0.25) is 0 Å². The highest BCUT2D eigenvalue weighted by Gasteiger charge is 2.26. The number of benzene rings is 1. The summed E-state index contributed by atoms with van der Waals surface area (Å²) in [5, 5.41) is 7.72. The molecule has 25 heavy (non-hydrogen) atoms. The van der Waals surface area contributed by atoms with Crippen molar-refractivity contribution in [1.29, 1.82) is 0 Å². The molecular weight excluding hydrogens is 314 g/mol. The summed E-state index contributed by atoms with van der Waals surface area (Å²) in [6, 6.07) is 9.15. The lowest BCUT2D eigenvalue weighted by Gasteiger charge is -2.23. The molecule has 0 atom stereocenters. The fraction of sp³-hybridized carbons (Fsp3) is 0.500. The van der Waals surface area contributed by atoms with Gasteiger partial charge in [-0.2, -0.15) is 5.10 Å². The fourth-order valence-electron chi connectivity index (χ4n) is 2.43. The topological polar surface area (TPSA) is 56.1 Å². The monoisotopic (exact) mass is 343 g/mol. The molecule has 0 saturated heterocycles. The van der Waals surface area contributed by atoms with Crippen molar-refractivity contribution in [3.8, 4) is 5.75 Å². The number of amides is 1. The van der Waals surface area contributed by atoms with Crippen molar-refractivity contribution >= 4 is 11.7 Å². The molecule has 1 heterocycles. The Morgan fingerprint density at radius 3 is 2.40 bits per heavy atom. The fourth-order valence-corrected chi connectivity index (χ4v) is 2.43. The van der Waals surface area contributed by atoms with Gasteiger partial charge in [-0.1, -0.05) is 26.8 Å². The Labute approximate surface area is 150 Å². The van der Waals surface area contributed by atoms with E-state index in [-0.39, 0.29) is 16.9 Å². The van der Waals surface area contributed by atoms with Crippen LogP contribution >= 0.6 is 0 Å². The summed E-state index contributed by atoms with van der Waals surface area (Å²) >= 11 is 0. The van der Waals surface area contributed by atoms with Crippen molar-refractivity contribution in [2.24, 2.45) is 0 Å². The average molecular weight is 343 g/mol. The number of ether oxygens (including phenoxy) is 1. The Balaban J connectivity index is 2.34. The van der Waals surface area contributed by atoms with Gasteiger partial charge in [0.1, 0.15) is 11.6 Å². The van der Waals surface area contributed by atoms with Gasteiger partial charge in [0.2, 0.25) is 0 Å². The van der Waals surface area contributed by atoms with Crippen LogP contribution in [-0.2, 0) is 11.0 Å². The first-order valence-corrected chi connectivity index (χ1v) is 8.67. The summed E-state index contributed by atoms with van der Waals surface area (Å²) in [5.74, 6) is 1.21. The number of hydrogen-bond donors (Lipinski definition) is 1. The SMILES string of the molecule is CCOc1cccc(C(=O)Nc2cc(C(C)(C)C)nn2C(C)(C)C)c1. The van der Waals surface area contributed by atoms with E-state index in [1.807, 2.05) is 29.8 Å². The second kappa shape index (κ2) is 6.90. The third-order valence-electron chi connectivity index (χ3n) is 3.76. The minimum Gasteiger partial charge on any atom is -0.494 e. The van der Waals surface area contributed by atoms with Crippen molar-refractivity contribution in [2.45, 2.75) is 59.4 Å². The maximum absolute atomic E-state index is 12.7. The van der Waals surface area contributed by atoms with Gasteiger partial charge in [0.05, 0.1) is 17.8 Å². The molecule has 0 fully saturated rings. The summed E-state index contributed by atoms with van der Waals surface area (Å²) in [7, 11) is 0. The molecule has 2 rings (SSSR count). The number of rotatable bonds is 4. The van der Waals surface area contributed by atoms with Crippen molar-refractivity contribution in [1.82, 2.24) is 9.78 Å². The molecule has 1 aromatic carbocycles. The zero-order chi connectivity index (χ0) is 18.8. The summed E-state index contributed by atoms with van der Waals surface area (Å²) in [6.07, 6.45) is 0. The van der Waals surface area contributed by atoms with Crippen molar-refractivity contribution in [3.63, 3.8) is 0 Å². The van der Waals surface area contributed by atoms with E-state index in [0.717, 1.165) is 5.69 Å². The third kappa shape index (κ3) is 4.62. The highest BCUT2D eigenvalue weighted by Crippen LogP contribution is 2.28. The Morgan fingerprint density at radius 2 is 1.84 bits per heavy atom. The summed E-state index contributed by atoms with van der Waals surface area (Å²) < 4.78 is 7.35. The van der Waals surface area contributed by atoms with E-state index in [4.69, 9.17) is 9.84 Å². The Kier molecular flexibility index (Phi) is 5.26. The van der Waals surface area contributed by atoms with Crippen molar-refractivity contribution in [2.75, 3.05) is 11.9 Å². The van der Waals surface area contributed by atoms with Crippen LogP contribution in [0.4, 0.5) is 5.82 Å².